The van der Waals surface area contributed by atoms with Crippen molar-refractivity contribution in [2.45, 2.75) is 18.0 Å². The largest absolute Gasteiger partial charge is 0.334 e. The first kappa shape index (κ1) is 22.6. The van der Waals surface area contributed by atoms with Crippen molar-refractivity contribution in [3.05, 3.63) is 72.3 Å². The molecule has 0 aliphatic rings. The normalized spacial score (nSPS) is 11.5. The number of nitrogens with one attached hydrogen (secondary N) is 2. The number of carbonyl (C=O) groups is 1. The zero-order chi connectivity index (χ0) is 21.4. The van der Waals surface area contributed by atoms with Gasteiger partial charge in [0.15, 0.2) is 0 Å². The molecule has 2 amide bonds. The van der Waals surface area contributed by atoms with E-state index in [0.29, 0.717) is 12.2 Å². The van der Waals surface area contributed by atoms with Crippen molar-refractivity contribution in [2.24, 2.45) is 0 Å². The lowest BCUT2D eigenvalue weighted by molar-refractivity contribution is 0.251. The number of likely N-dealkylation sites (N-methyl/N-ethyl adjacent to an activating group) is 1. The number of nitrogens with zero attached hydrogens (tertiary/aromatic N) is 2. The fourth-order valence-corrected chi connectivity index (χ4v) is 3.87. The van der Waals surface area contributed by atoms with E-state index in [1.54, 1.807) is 12.1 Å². The Kier molecular flexibility index (Phi) is 7.95. The van der Waals surface area contributed by atoms with Crippen LogP contribution in [0.5, 0.6) is 0 Å². The fourth-order valence-electron chi connectivity index (χ4n) is 2.73. The third-order valence-electron chi connectivity index (χ3n) is 4.15. The maximum absolute atomic E-state index is 12.4. The highest BCUT2D eigenvalue weighted by Gasteiger charge is 2.19. The lowest BCUT2D eigenvalue weighted by Gasteiger charge is -2.15. The lowest BCUT2D eigenvalue weighted by Crippen LogP contribution is -2.28. The Labute approximate surface area is 173 Å². The van der Waals surface area contributed by atoms with Crippen molar-refractivity contribution in [3.63, 3.8) is 0 Å². The number of anilines is 1. The van der Waals surface area contributed by atoms with Crippen LogP contribution in [0.25, 0.3) is 0 Å². The minimum absolute atomic E-state index is 0.158. The van der Waals surface area contributed by atoms with Gasteiger partial charge in [0.25, 0.3) is 0 Å². The topological polar surface area (TPSA) is 81.8 Å². The molecule has 0 unspecified atom stereocenters. The highest BCUT2D eigenvalue weighted by Crippen LogP contribution is 2.17. The average Bonchev–Trinajstić information content (AvgIpc) is 2.67. The number of hydrogen-bond acceptors (Lipinski definition) is 4. The molecule has 2 rings (SSSR count). The van der Waals surface area contributed by atoms with Gasteiger partial charge in [-0.1, -0.05) is 30.3 Å². The summed E-state index contributed by atoms with van der Waals surface area (Å²) < 4.78 is 26.0. The van der Waals surface area contributed by atoms with Crippen LogP contribution >= 0.6 is 0 Å². The van der Waals surface area contributed by atoms with Crippen LogP contribution in [0.4, 0.5) is 10.5 Å². The molecule has 156 valence electrons. The summed E-state index contributed by atoms with van der Waals surface area (Å²) >= 11 is 0. The summed E-state index contributed by atoms with van der Waals surface area (Å²) in [7, 11) is 1.93. The van der Waals surface area contributed by atoms with Crippen molar-refractivity contribution in [3.8, 4) is 0 Å². The Bertz CT molecular complexity index is 941. The summed E-state index contributed by atoms with van der Waals surface area (Å²) in [6.07, 6.45) is 1.52. The predicted molar refractivity (Wildman–Crippen MR) is 116 cm³/mol. The van der Waals surface area contributed by atoms with Gasteiger partial charge in [0, 0.05) is 32.4 Å². The van der Waals surface area contributed by atoms with Crippen molar-refractivity contribution in [1.29, 1.82) is 0 Å². The SMILES string of the molecule is C=CCN(C)S(=O)(=O)c1ccc(NC(=O)NCc2cccc(CN(C)C)c2)cc1. The maximum atomic E-state index is 12.4. The molecule has 0 saturated carbocycles. The van der Waals surface area contributed by atoms with Crippen LogP contribution in [0.1, 0.15) is 11.1 Å². The standard InChI is InChI=1S/C21H28N4O3S/c1-5-13-25(4)29(27,28)20-11-9-19(10-12-20)23-21(26)22-15-17-7-6-8-18(14-17)16-24(2)3/h5-12,14H,1,13,15-16H2,2-4H3,(H2,22,23,26). The molecule has 29 heavy (non-hydrogen) atoms. The number of rotatable bonds is 9. The van der Waals surface area contributed by atoms with E-state index in [4.69, 9.17) is 0 Å². The molecule has 2 aromatic rings. The smallest absolute Gasteiger partial charge is 0.319 e. The number of sulfonamides is 1. The van der Waals surface area contributed by atoms with Crippen molar-refractivity contribution >= 4 is 21.7 Å². The molecule has 0 spiro atoms. The van der Waals surface area contributed by atoms with E-state index >= 15 is 0 Å². The van der Waals surface area contributed by atoms with Gasteiger partial charge in [0.2, 0.25) is 10.0 Å². The van der Waals surface area contributed by atoms with E-state index in [9.17, 15) is 13.2 Å². The predicted octanol–water partition coefficient (Wildman–Crippen LogP) is 2.88. The van der Waals surface area contributed by atoms with E-state index in [1.807, 2.05) is 32.3 Å². The van der Waals surface area contributed by atoms with Gasteiger partial charge in [0.05, 0.1) is 4.90 Å². The zero-order valence-corrected chi connectivity index (χ0v) is 17.9. The number of hydrogen-bond donors (Lipinski definition) is 2. The summed E-state index contributed by atoms with van der Waals surface area (Å²) in [6.45, 7) is 5.00. The molecule has 0 aromatic heterocycles. The van der Waals surface area contributed by atoms with Gasteiger partial charge in [-0.15, -0.1) is 6.58 Å². The summed E-state index contributed by atoms with van der Waals surface area (Å²) in [5.74, 6) is 0. The molecule has 0 heterocycles. The summed E-state index contributed by atoms with van der Waals surface area (Å²) in [5, 5.41) is 5.52. The van der Waals surface area contributed by atoms with Gasteiger partial charge in [-0.2, -0.15) is 4.31 Å². The minimum atomic E-state index is -3.58. The third-order valence-corrected chi connectivity index (χ3v) is 5.99. The van der Waals surface area contributed by atoms with Crippen molar-refractivity contribution < 1.29 is 13.2 Å². The van der Waals surface area contributed by atoms with Gasteiger partial charge < -0.3 is 15.5 Å². The minimum Gasteiger partial charge on any atom is -0.334 e. The highest BCUT2D eigenvalue weighted by atomic mass is 32.2. The van der Waals surface area contributed by atoms with Gasteiger partial charge in [0.1, 0.15) is 0 Å². The van der Waals surface area contributed by atoms with Crippen LogP contribution < -0.4 is 10.6 Å². The molecule has 8 heteroatoms. The van der Waals surface area contributed by atoms with E-state index in [2.05, 4.69) is 28.2 Å². The first-order chi connectivity index (χ1) is 13.7. The Morgan fingerprint density at radius 2 is 1.72 bits per heavy atom. The first-order valence-electron chi connectivity index (χ1n) is 9.17. The average molecular weight is 417 g/mol. The Morgan fingerprint density at radius 3 is 2.34 bits per heavy atom. The van der Waals surface area contributed by atoms with E-state index in [1.165, 1.54) is 35.1 Å². The third kappa shape index (κ3) is 6.70. The molecule has 2 N–H and O–H groups in total. The second kappa shape index (κ2) is 10.2. The van der Waals surface area contributed by atoms with Crippen molar-refractivity contribution in [1.82, 2.24) is 14.5 Å². The fraction of sp³-hybridized carbons (Fsp3) is 0.286. The molecule has 0 aliphatic carbocycles. The zero-order valence-electron chi connectivity index (χ0n) is 17.1. The highest BCUT2D eigenvalue weighted by molar-refractivity contribution is 7.89. The summed E-state index contributed by atoms with van der Waals surface area (Å²) in [5.41, 5.74) is 2.69. The molecule has 0 radical (unpaired) electrons. The molecule has 0 atom stereocenters. The molecule has 0 aliphatic heterocycles. The van der Waals surface area contributed by atoms with Gasteiger partial charge in [-0.05, 0) is 49.5 Å². The van der Waals surface area contributed by atoms with Crippen LogP contribution in [0.15, 0.2) is 66.1 Å². The molecule has 0 fully saturated rings. The second-order valence-electron chi connectivity index (χ2n) is 6.96. The number of benzene rings is 2. The van der Waals surface area contributed by atoms with Gasteiger partial charge >= 0.3 is 6.03 Å². The Hall–Kier alpha value is -2.68. The first-order valence-corrected chi connectivity index (χ1v) is 10.6. The molecule has 7 nitrogen and oxygen atoms in total. The van der Waals surface area contributed by atoms with E-state index < -0.39 is 10.0 Å². The van der Waals surface area contributed by atoms with Gasteiger partial charge in [-0.3, -0.25) is 0 Å². The molecule has 2 aromatic carbocycles. The summed E-state index contributed by atoms with van der Waals surface area (Å²) in [4.78, 5) is 14.4. The van der Waals surface area contributed by atoms with Crippen LogP contribution in [0.3, 0.4) is 0 Å². The van der Waals surface area contributed by atoms with Crippen molar-refractivity contribution in [2.75, 3.05) is 33.0 Å². The van der Waals surface area contributed by atoms with Crippen LogP contribution in [-0.2, 0) is 23.1 Å². The summed E-state index contributed by atoms with van der Waals surface area (Å²) in [6, 6.07) is 13.7. The molecule has 0 saturated heterocycles. The maximum Gasteiger partial charge on any atom is 0.319 e. The second-order valence-corrected chi connectivity index (χ2v) is 9.01. The monoisotopic (exact) mass is 416 g/mol. The van der Waals surface area contributed by atoms with Crippen LogP contribution in [0, 0.1) is 0 Å². The van der Waals surface area contributed by atoms with Crippen LogP contribution in [0.2, 0.25) is 0 Å². The number of amides is 2. The van der Waals surface area contributed by atoms with E-state index in [0.717, 1.165) is 12.1 Å². The number of urea groups is 1. The van der Waals surface area contributed by atoms with E-state index in [-0.39, 0.29) is 17.5 Å². The number of carbonyl (C=O) groups excluding carboxylic acids is 1. The Balaban J connectivity index is 1.94. The van der Waals surface area contributed by atoms with Gasteiger partial charge in [-0.25, -0.2) is 13.2 Å². The lowest BCUT2D eigenvalue weighted by atomic mass is 10.1. The Morgan fingerprint density at radius 1 is 1.07 bits per heavy atom. The molecular weight excluding hydrogens is 388 g/mol. The van der Waals surface area contributed by atoms with Crippen LogP contribution in [-0.4, -0.2) is 51.3 Å². The molecule has 0 bridgehead atoms. The quantitative estimate of drug-likeness (QED) is 0.616. The molecular formula is C21H28N4O3S.